The molecule has 0 amide bonds. The third-order valence-corrected chi connectivity index (χ3v) is 5.34. The first kappa shape index (κ1) is 14.9. The maximum absolute atomic E-state index is 13.3. The maximum atomic E-state index is 13.3. The molecule has 1 nitrogen and oxygen atoms in total. The van der Waals surface area contributed by atoms with Crippen LogP contribution < -0.4 is 0 Å². The summed E-state index contributed by atoms with van der Waals surface area (Å²) in [7, 11) is 0. The molecule has 2 aliphatic heterocycles. The van der Waals surface area contributed by atoms with Crippen LogP contribution in [0.3, 0.4) is 0 Å². The van der Waals surface area contributed by atoms with Gasteiger partial charge < -0.3 is 0 Å². The van der Waals surface area contributed by atoms with Crippen molar-refractivity contribution in [2.24, 2.45) is 0 Å². The minimum Gasteiger partial charge on any atom is -0.289 e. The predicted molar refractivity (Wildman–Crippen MR) is 92.8 cm³/mol. The molecule has 2 unspecified atom stereocenters. The van der Waals surface area contributed by atoms with Crippen molar-refractivity contribution in [1.82, 2.24) is 4.90 Å². The van der Waals surface area contributed by atoms with Gasteiger partial charge in [-0.15, -0.1) is 0 Å². The number of benzene rings is 2. The van der Waals surface area contributed by atoms with Crippen LogP contribution in [0, 0.1) is 5.82 Å². The lowest BCUT2D eigenvalue weighted by Gasteiger charge is -2.34. The van der Waals surface area contributed by atoms with Crippen LogP contribution in [0.2, 0.25) is 5.02 Å². The van der Waals surface area contributed by atoms with E-state index in [9.17, 15) is 4.39 Å². The molecule has 1 fully saturated rings. The molecular weight excluding hydrogens is 309 g/mol. The highest BCUT2D eigenvalue weighted by Crippen LogP contribution is 2.41. The van der Waals surface area contributed by atoms with Crippen molar-refractivity contribution < 1.29 is 4.39 Å². The molecule has 0 saturated carbocycles. The second-order valence-electron chi connectivity index (χ2n) is 6.48. The van der Waals surface area contributed by atoms with Crippen molar-refractivity contribution in [1.29, 1.82) is 0 Å². The standard InChI is InChI=1S/C20H19ClFN/c21-20-12-16(22)6-9-19(20)15-10-17-7-8-18(11-15)23(17)13-14-4-2-1-3-5-14/h1-6,9-10,12,17-18H,7-8,11,13H2. The number of fused-ring (bicyclic) bond motifs is 2. The Kier molecular flexibility index (Phi) is 3.96. The molecule has 2 aliphatic rings. The van der Waals surface area contributed by atoms with Gasteiger partial charge in [-0.25, -0.2) is 4.39 Å². The Hall–Kier alpha value is -1.64. The third-order valence-electron chi connectivity index (χ3n) is 5.02. The molecule has 0 aliphatic carbocycles. The molecule has 0 aromatic heterocycles. The lowest BCUT2D eigenvalue weighted by atomic mass is 9.94. The Balaban J connectivity index is 1.59. The van der Waals surface area contributed by atoms with Gasteiger partial charge in [-0.05, 0) is 48.1 Å². The maximum Gasteiger partial charge on any atom is 0.124 e. The van der Waals surface area contributed by atoms with E-state index in [1.165, 1.54) is 36.1 Å². The molecule has 2 atom stereocenters. The van der Waals surface area contributed by atoms with Crippen molar-refractivity contribution >= 4 is 17.2 Å². The lowest BCUT2D eigenvalue weighted by Crippen LogP contribution is -2.37. The highest BCUT2D eigenvalue weighted by Gasteiger charge is 2.36. The molecule has 118 valence electrons. The molecular formula is C20H19ClFN. The van der Waals surface area contributed by atoms with Gasteiger partial charge in [0.05, 0.1) is 5.02 Å². The van der Waals surface area contributed by atoms with Gasteiger partial charge in [-0.3, -0.25) is 4.90 Å². The first-order chi connectivity index (χ1) is 11.2. The molecule has 2 aromatic carbocycles. The van der Waals surface area contributed by atoms with Crippen LogP contribution in [-0.4, -0.2) is 17.0 Å². The third kappa shape index (κ3) is 2.93. The minimum absolute atomic E-state index is 0.274. The second kappa shape index (κ2) is 6.10. The number of rotatable bonds is 3. The zero-order valence-electron chi connectivity index (χ0n) is 12.9. The molecule has 4 rings (SSSR count). The minimum atomic E-state index is -0.274. The van der Waals surface area contributed by atoms with Gasteiger partial charge in [0.1, 0.15) is 5.82 Å². The highest BCUT2D eigenvalue weighted by atomic mass is 35.5. The fraction of sp³-hybridized carbons (Fsp3) is 0.300. The van der Waals surface area contributed by atoms with Crippen LogP contribution >= 0.6 is 11.6 Å². The van der Waals surface area contributed by atoms with Crippen LogP contribution in [0.15, 0.2) is 54.6 Å². The molecule has 2 bridgehead atoms. The first-order valence-corrected chi connectivity index (χ1v) is 8.54. The van der Waals surface area contributed by atoms with Crippen LogP contribution in [0.5, 0.6) is 0 Å². The monoisotopic (exact) mass is 327 g/mol. The van der Waals surface area contributed by atoms with Crippen LogP contribution in [0.1, 0.15) is 30.4 Å². The van der Waals surface area contributed by atoms with E-state index in [-0.39, 0.29) is 5.82 Å². The summed E-state index contributed by atoms with van der Waals surface area (Å²) < 4.78 is 13.3. The fourth-order valence-electron chi connectivity index (χ4n) is 3.91. The van der Waals surface area contributed by atoms with E-state index in [1.807, 2.05) is 6.07 Å². The van der Waals surface area contributed by atoms with Gasteiger partial charge >= 0.3 is 0 Å². The van der Waals surface area contributed by atoms with Crippen molar-refractivity contribution in [3.8, 4) is 0 Å². The topological polar surface area (TPSA) is 3.24 Å². The average Bonchev–Trinajstić information content (AvgIpc) is 2.78. The number of hydrogen-bond donors (Lipinski definition) is 0. The Morgan fingerprint density at radius 1 is 1.09 bits per heavy atom. The molecule has 0 N–H and O–H groups in total. The zero-order chi connectivity index (χ0) is 15.8. The normalized spacial score (nSPS) is 23.8. The summed E-state index contributed by atoms with van der Waals surface area (Å²) in [5.74, 6) is -0.274. The van der Waals surface area contributed by atoms with E-state index in [0.717, 1.165) is 18.5 Å². The predicted octanol–water partition coefficient (Wildman–Crippen LogP) is 5.30. The van der Waals surface area contributed by atoms with E-state index >= 15 is 0 Å². The van der Waals surface area contributed by atoms with E-state index in [0.29, 0.717) is 17.1 Å². The summed E-state index contributed by atoms with van der Waals surface area (Å²) in [6, 6.07) is 16.4. The largest absolute Gasteiger partial charge is 0.289 e. The second-order valence-corrected chi connectivity index (χ2v) is 6.88. The van der Waals surface area contributed by atoms with Crippen molar-refractivity contribution in [3.05, 3.63) is 76.6 Å². The lowest BCUT2D eigenvalue weighted by molar-refractivity contribution is 0.203. The van der Waals surface area contributed by atoms with Crippen LogP contribution in [-0.2, 0) is 6.54 Å². The Morgan fingerprint density at radius 2 is 1.91 bits per heavy atom. The number of halogens is 2. The molecule has 2 aromatic rings. The van der Waals surface area contributed by atoms with Gasteiger partial charge in [0.25, 0.3) is 0 Å². The van der Waals surface area contributed by atoms with Crippen molar-refractivity contribution in [2.45, 2.75) is 37.9 Å². The van der Waals surface area contributed by atoms with Gasteiger partial charge in [0.15, 0.2) is 0 Å². The Bertz CT molecular complexity index is 741. The van der Waals surface area contributed by atoms with E-state index in [1.54, 1.807) is 0 Å². The number of hydrogen-bond acceptors (Lipinski definition) is 1. The van der Waals surface area contributed by atoms with Gasteiger partial charge in [0.2, 0.25) is 0 Å². The van der Waals surface area contributed by atoms with Gasteiger partial charge in [-0.2, -0.15) is 0 Å². The Morgan fingerprint density at radius 3 is 2.65 bits per heavy atom. The van der Waals surface area contributed by atoms with E-state index in [4.69, 9.17) is 11.6 Å². The quantitative estimate of drug-likeness (QED) is 0.739. The van der Waals surface area contributed by atoms with E-state index in [2.05, 4.69) is 41.3 Å². The zero-order valence-corrected chi connectivity index (χ0v) is 13.6. The number of nitrogens with zero attached hydrogens (tertiary/aromatic N) is 1. The molecule has 0 spiro atoms. The van der Waals surface area contributed by atoms with Crippen LogP contribution in [0.25, 0.3) is 5.57 Å². The van der Waals surface area contributed by atoms with Crippen LogP contribution in [0.4, 0.5) is 4.39 Å². The SMILES string of the molecule is Fc1ccc(C2=CC3CCC(C2)N3Cc2ccccc2)c(Cl)c1. The Labute approximate surface area is 141 Å². The van der Waals surface area contributed by atoms with Crippen molar-refractivity contribution in [3.63, 3.8) is 0 Å². The fourth-order valence-corrected chi connectivity index (χ4v) is 4.20. The van der Waals surface area contributed by atoms with Gasteiger partial charge in [0, 0.05) is 18.6 Å². The average molecular weight is 328 g/mol. The summed E-state index contributed by atoms with van der Waals surface area (Å²) in [5, 5.41) is 0.521. The molecule has 3 heteroatoms. The van der Waals surface area contributed by atoms with Crippen molar-refractivity contribution in [2.75, 3.05) is 0 Å². The smallest absolute Gasteiger partial charge is 0.124 e. The molecule has 1 saturated heterocycles. The summed E-state index contributed by atoms with van der Waals surface area (Å²) in [6.45, 7) is 0.997. The highest BCUT2D eigenvalue weighted by molar-refractivity contribution is 6.32. The summed E-state index contributed by atoms with van der Waals surface area (Å²) in [4.78, 5) is 2.59. The molecule has 0 radical (unpaired) electrons. The molecule has 23 heavy (non-hydrogen) atoms. The van der Waals surface area contributed by atoms with Gasteiger partial charge in [-0.1, -0.05) is 54.1 Å². The molecule has 2 heterocycles. The van der Waals surface area contributed by atoms with E-state index < -0.39 is 0 Å². The summed E-state index contributed by atoms with van der Waals surface area (Å²) >= 11 is 6.25. The first-order valence-electron chi connectivity index (χ1n) is 8.16. The summed E-state index contributed by atoms with van der Waals surface area (Å²) in [6.07, 6.45) is 5.75. The summed E-state index contributed by atoms with van der Waals surface area (Å²) in [5.41, 5.74) is 3.62.